The molecule has 23 heavy (non-hydrogen) atoms. The van der Waals surface area contributed by atoms with Gasteiger partial charge in [0, 0.05) is 56.6 Å². The summed E-state index contributed by atoms with van der Waals surface area (Å²) in [6, 6.07) is 0.527. The van der Waals surface area contributed by atoms with E-state index in [2.05, 4.69) is 29.0 Å². The number of carbonyl (C=O) groups excluding carboxylic acids is 1. The minimum absolute atomic E-state index is 0. The lowest BCUT2D eigenvalue weighted by Gasteiger charge is -2.32. The van der Waals surface area contributed by atoms with Crippen LogP contribution in [0.4, 0.5) is 0 Å². The van der Waals surface area contributed by atoms with Crippen molar-refractivity contribution in [2.75, 3.05) is 39.3 Å². The second-order valence-corrected chi connectivity index (χ2v) is 7.10. The second kappa shape index (κ2) is 9.18. The molecule has 1 aromatic heterocycles. The van der Waals surface area contributed by atoms with Crippen LogP contribution in [0.5, 0.6) is 0 Å². The molecule has 2 aliphatic heterocycles. The lowest BCUT2D eigenvalue weighted by molar-refractivity contribution is 0.0768. The van der Waals surface area contributed by atoms with E-state index in [1.807, 2.05) is 10.3 Å². The number of nitrogens with one attached hydrogen (secondary N) is 1. The molecule has 0 radical (unpaired) electrons. The summed E-state index contributed by atoms with van der Waals surface area (Å²) in [6.07, 6.45) is 1.09. The second-order valence-electron chi connectivity index (χ2n) is 6.21. The van der Waals surface area contributed by atoms with Gasteiger partial charge < -0.3 is 10.2 Å². The van der Waals surface area contributed by atoms with Crippen LogP contribution in [0.3, 0.4) is 0 Å². The molecule has 5 nitrogen and oxygen atoms in total. The standard InChI is InChI=1S/C15H24N4OS.2ClH/c1-11(2)14-17-13(10-21-14)15(20)19-6-3-12(9-19)18-7-4-16-5-8-18;;/h10-12,16H,3-9H2,1-2H3;2*1H. The number of likely N-dealkylation sites (tertiary alicyclic amines) is 1. The van der Waals surface area contributed by atoms with Gasteiger partial charge in [-0.1, -0.05) is 13.8 Å². The topological polar surface area (TPSA) is 48.5 Å². The lowest BCUT2D eigenvalue weighted by atomic mass is 10.2. The summed E-state index contributed by atoms with van der Waals surface area (Å²) < 4.78 is 0. The summed E-state index contributed by atoms with van der Waals surface area (Å²) >= 11 is 1.60. The van der Waals surface area contributed by atoms with Gasteiger partial charge in [-0.2, -0.15) is 0 Å². The number of carbonyl (C=O) groups is 1. The van der Waals surface area contributed by atoms with Crippen LogP contribution in [-0.4, -0.2) is 66.0 Å². The van der Waals surface area contributed by atoms with Crippen molar-refractivity contribution in [3.63, 3.8) is 0 Å². The number of hydrogen-bond donors (Lipinski definition) is 1. The molecule has 1 amide bonds. The molecule has 1 N–H and O–H groups in total. The SMILES string of the molecule is CC(C)c1nc(C(=O)N2CCC(N3CCNCC3)C2)cs1.Cl.Cl. The van der Waals surface area contributed by atoms with E-state index in [1.165, 1.54) is 0 Å². The van der Waals surface area contributed by atoms with Crippen molar-refractivity contribution in [1.82, 2.24) is 20.1 Å². The van der Waals surface area contributed by atoms with E-state index < -0.39 is 0 Å². The number of thiazole rings is 1. The molecule has 2 saturated heterocycles. The fourth-order valence-corrected chi connectivity index (χ4v) is 3.89. The number of nitrogens with zero attached hydrogens (tertiary/aromatic N) is 3. The van der Waals surface area contributed by atoms with E-state index in [-0.39, 0.29) is 30.7 Å². The Balaban J connectivity index is 0.00000132. The summed E-state index contributed by atoms with van der Waals surface area (Å²) in [6.45, 7) is 10.3. The molecule has 0 spiro atoms. The maximum atomic E-state index is 12.6. The maximum absolute atomic E-state index is 12.6. The van der Waals surface area contributed by atoms with Crippen LogP contribution in [0.15, 0.2) is 5.38 Å². The zero-order chi connectivity index (χ0) is 14.8. The number of piperazine rings is 1. The van der Waals surface area contributed by atoms with Gasteiger partial charge in [0.15, 0.2) is 0 Å². The zero-order valence-corrected chi connectivity index (χ0v) is 16.1. The highest BCUT2D eigenvalue weighted by Gasteiger charge is 2.32. The number of halogens is 2. The molecule has 132 valence electrons. The largest absolute Gasteiger partial charge is 0.336 e. The molecule has 3 heterocycles. The van der Waals surface area contributed by atoms with E-state index in [9.17, 15) is 4.79 Å². The molecule has 8 heteroatoms. The first-order chi connectivity index (χ1) is 10.1. The predicted octanol–water partition coefficient (Wildman–Crippen LogP) is 2.23. The van der Waals surface area contributed by atoms with Gasteiger partial charge in [0.1, 0.15) is 5.69 Å². The first-order valence-corrected chi connectivity index (χ1v) is 8.72. The predicted molar refractivity (Wildman–Crippen MR) is 99.5 cm³/mol. The summed E-state index contributed by atoms with van der Waals surface area (Å²) in [4.78, 5) is 21.5. The number of hydrogen-bond acceptors (Lipinski definition) is 5. The number of amides is 1. The van der Waals surface area contributed by atoms with Crippen molar-refractivity contribution in [2.45, 2.75) is 32.2 Å². The van der Waals surface area contributed by atoms with Crippen LogP contribution in [0.1, 0.15) is 41.7 Å². The molecule has 1 unspecified atom stereocenters. The minimum Gasteiger partial charge on any atom is -0.336 e. The highest BCUT2D eigenvalue weighted by atomic mass is 35.5. The summed E-state index contributed by atoms with van der Waals surface area (Å²) in [5.74, 6) is 0.500. The number of aromatic nitrogens is 1. The van der Waals surface area contributed by atoms with Crippen LogP contribution >= 0.6 is 36.2 Å². The Kier molecular flexibility index (Phi) is 8.24. The Morgan fingerprint density at radius 3 is 2.61 bits per heavy atom. The third-order valence-electron chi connectivity index (χ3n) is 4.35. The fourth-order valence-electron chi connectivity index (χ4n) is 3.08. The molecule has 2 aliphatic rings. The van der Waals surface area contributed by atoms with Crippen molar-refractivity contribution >= 4 is 42.1 Å². The van der Waals surface area contributed by atoms with Gasteiger partial charge >= 0.3 is 0 Å². The average Bonchev–Trinajstić information content (AvgIpc) is 3.17. The van der Waals surface area contributed by atoms with Gasteiger partial charge in [-0.25, -0.2) is 4.98 Å². The van der Waals surface area contributed by atoms with Gasteiger partial charge in [0.05, 0.1) is 5.01 Å². The summed E-state index contributed by atoms with van der Waals surface area (Å²) in [5.41, 5.74) is 0.629. The molecule has 0 aliphatic carbocycles. The molecule has 3 rings (SSSR count). The van der Waals surface area contributed by atoms with Crippen LogP contribution in [0.2, 0.25) is 0 Å². The maximum Gasteiger partial charge on any atom is 0.273 e. The first kappa shape index (κ1) is 20.6. The molecular weight excluding hydrogens is 355 g/mol. The summed E-state index contributed by atoms with van der Waals surface area (Å²) in [5, 5.41) is 6.35. The smallest absolute Gasteiger partial charge is 0.273 e. The van der Waals surface area contributed by atoms with E-state index in [0.29, 0.717) is 17.7 Å². The molecular formula is C15H26Cl2N4OS. The van der Waals surface area contributed by atoms with Crippen molar-refractivity contribution < 1.29 is 4.79 Å². The third kappa shape index (κ3) is 4.79. The zero-order valence-electron chi connectivity index (χ0n) is 13.7. The third-order valence-corrected chi connectivity index (χ3v) is 5.50. The average molecular weight is 381 g/mol. The van der Waals surface area contributed by atoms with Gasteiger partial charge in [-0.15, -0.1) is 36.2 Å². The van der Waals surface area contributed by atoms with Gasteiger partial charge in [0.2, 0.25) is 0 Å². The highest BCUT2D eigenvalue weighted by molar-refractivity contribution is 7.09. The van der Waals surface area contributed by atoms with E-state index in [4.69, 9.17) is 0 Å². The Labute approximate surface area is 154 Å². The van der Waals surface area contributed by atoms with Crippen molar-refractivity contribution in [3.8, 4) is 0 Å². The first-order valence-electron chi connectivity index (χ1n) is 7.84. The minimum atomic E-state index is 0. The normalized spacial score (nSPS) is 21.9. The van der Waals surface area contributed by atoms with Gasteiger partial charge in [-0.05, 0) is 6.42 Å². The van der Waals surface area contributed by atoms with Crippen molar-refractivity contribution in [1.29, 1.82) is 0 Å². The Morgan fingerprint density at radius 1 is 1.30 bits per heavy atom. The van der Waals surface area contributed by atoms with Crippen LogP contribution in [0.25, 0.3) is 0 Å². The quantitative estimate of drug-likeness (QED) is 0.873. The van der Waals surface area contributed by atoms with Gasteiger partial charge in [-0.3, -0.25) is 9.69 Å². The van der Waals surface area contributed by atoms with E-state index in [1.54, 1.807) is 11.3 Å². The fraction of sp³-hybridized carbons (Fsp3) is 0.733. The van der Waals surface area contributed by atoms with Crippen LogP contribution in [0, 0.1) is 0 Å². The molecule has 2 fully saturated rings. The molecule has 0 bridgehead atoms. The van der Waals surface area contributed by atoms with E-state index >= 15 is 0 Å². The van der Waals surface area contributed by atoms with Crippen molar-refractivity contribution in [3.05, 3.63) is 16.1 Å². The highest BCUT2D eigenvalue weighted by Crippen LogP contribution is 2.22. The monoisotopic (exact) mass is 380 g/mol. The number of rotatable bonds is 3. The van der Waals surface area contributed by atoms with Crippen LogP contribution < -0.4 is 5.32 Å². The Morgan fingerprint density at radius 2 is 2.00 bits per heavy atom. The Bertz CT molecular complexity index is 505. The summed E-state index contributed by atoms with van der Waals surface area (Å²) in [7, 11) is 0. The van der Waals surface area contributed by atoms with Crippen LogP contribution in [-0.2, 0) is 0 Å². The van der Waals surface area contributed by atoms with Gasteiger partial charge in [0.25, 0.3) is 5.91 Å². The van der Waals surface area contributed by atoms with E-state index in [0.717, 1.165) is 50.7 Å². The molecule has 0 aromatic carbocycles. The Hall–Kier alpha value is -0.400. The molecule has 0 saturated carbocycles. The van der Waals surface area contributed by atoms with Crippen molar-refractivity contribution in [2.24, 2.45) is 0 Å². The lowest BCUT2D eigenvalue weighted by Crippen LogP contribution is -2.49. The molecule has 1 aromatic rings. The molecule has 1 atom stereocenters.